The van der Waals surface area contributed by atoms with Crippen molar-refractivity contribution in [1.82, 2.24) is 4.90 Å². The summed E-state index contributed by atoms with van der Waals surface area (Å²) in [5.41, 5.74) is 1.56. The van der Waals surface area contributed by atoms with Crippen molar-refractivity contribution in [3.8, 4) is 0 Å². The predicted octanol–water partition coefficient (Wildman–Crippen LogP) is 4.15. The normalized spacial score (nSPS) is 21.8. The maximum Gasteiger partial charge on any atom is 0.193 e. The minimum atomic E-state index is -1.21. The lowest BCUT2D eigenvalue weighted by Crippen LogP contribution is -2.47. The highest BCUT2D eigenvalue weighted by Crippen LogP contribution is 2.46. The molecule has 1 atom stereocenters. The maximum absolute atomic E-state index is 11.9. The molecule has 0 amide bonds. The molecule has 124 valence electrons. The Bertz CT molecular complexity index is 1010. The first-order chi connectivity index (χ1) is 12.2. The van der Waals surface area contributed by atoms with E-state index in [-0.39, 0.29) is 0 Å². The van der Waals surface area contributed by atoms with Crippen molar-refractivity contribution < 1.29 is 5.11 Å². The Morgan fingerprint density at radius 3 is 2.64 bits per heavy atom. The van der Waals surface area contributed by atoms with Gasteiger partial charge in [0.1, 0.15) is 5.84 Å². The molecule has 1 unspecified atom stereocenters. The summed E-state index contributed by atoms with van der Waals surface area (Å²) >= 11 is 6.06. The summed E-state index contributed by atoms with van der Waals surface area (Å²) in [6.07, 6.45) is 0.936. The van der Waals surface area contributed by atoms with Crippen LogP contribution < -0.4 is 0 Å². The van der Waals surface area contributed by atoms with Crippen molar-refractivity contribution >= 4 is 28.2 Å². The van der Waals surface area contributed by atoms with Crippen LogP contribution in [0.2, 0.25) is 5.02 Å². The van der Waals surface area contributed by atoms with Crippen molar-refractivity contribution in [2.24, 2.45) is 4.99 Å². The van der Waals surface area contributed by atoms with Gasteiger partial charge in [0.25, 0.3) is 0 Å². The minimum Gasteiger partial charge on any atom is -0.363 e. The Hall–Kier alpha value is -2.36. The van der Waals surface area contributed by atoms with E-state index in [1.165, 1.54) is 0 Å². The second-order valence-electron chi connectivity index (χ2n) is 6.60. The van der Waals surface area contributed by atoms with Gasteiger partial charge in [0.15, 0.2) is 5.72 Å². The number of hydrogen-bond donors (Lipinski definition) is 1. The van der Waals surface area contributed by atoms with Crippen LogP contribution in [0.15, 0.2) is 65.7 Å². The fraction of sp³-hybridized carbons (Fsp3) is 0.190. The zero-order valence-electron chi connectivity index (χ0n) is 13.6. The van der Waals surface area contributed by atoms with E-state index in [9.17, 15) is 5.11 Å². The van der Waals surface area contributed by atoms with Gasteiger partial charge in [-0.2, -0.15) is 0 Å². The van der Waals surface area contributed by atoms with E-state index in [0.717, 1.165) is 52.8 Å². The Labute approximate surface area is 151 Å². The molecule has 2 heterocycles. The average molecular weight is 349 g/mol. The molecular formula is C21H17ClN2O. The second-order valence-corrected chi connectivity index (χ2v) is 7.04. The van der Waals surface area contributed by atoms with Crippen molar-refractivity contribution in [3.63, 3.8) is 0 Å². The van der Waals surface area contributed by atoms with Crippen LogP contribution in [-0.2, 0) is 5.72 Å². The van der Waals surface area contributed by atoms with Crippen LogP contribution in [0.3, 0.4) is 0 Å². The van der Waals surface area contributed by atoms with Gasteiger partial charge >= 0.3 is 0 Å². The number of rotatable bonds is 1. The van der Waals surface area contributed by atoms with Crippen molar-refractivity contribution in [2.45, 2.75) is 12.1 Å². The first-order valence-corrected chi connectivity index (χ1v) is 8.90. The number of aliphatic hydroxyl groups is 1. The number of aliphatic imine (C=N–C) groups is 1. The molecule has 0 aromatic heterocycles. The number of nitrogens with zero attached hydrogens (tertiary/aromatic N) is 2. The van der Waals surface area contributed by atoms with Crippen LogP contribution in [0.25, 0.3) is 10.8 Å². The van der Waals surface area contributed by atoms with Gasteiger partial charge in [-0.25, -0.2) is 0 Å². The van der Waals surface area contributed by atoms with Crippen LogP contribution >= 0.6 is 11.6 Å². The maximum atomic E-state index is 11.9. The largest absolute Gasteiger partial charge is 0.363 e. The summed E-state index contributed by atoms with van der Waals surface area (Å²) < 4.78 is 0. The summed E-state index contributed by atoms with van der Waals surface area (Å²) in [5, 5.41) is 14.8. The molecule has 0 fully saturated rings. The molecule has 1 N–H and O–H groups in total. The molecule has 25 heavy (non-hydrogen) atoms. The highest BCUT2D eigenvalue weighted by Gasteiger charge is 2.49. The Kier molecular flexibility index (Phi) is 3.18. The van der Waals surface area contributed by atoms with E-state index in [1.807, 2.05) is 47.4 Å². The van der Waals surface area contributed by atoms with Crippen LogP contribution in [0.4, 0.5) is 0 Å². The third-order valence-corrected chi connectivity index (χ3v) is 5.47. The number of hydrogen-bond acceptors (Lipinski definition) is 3. The van der Waals surface area contributed by atoms with Gasteiger partial charge in [0.2, 0.25) is 0 Å². The van der Waals surface area contributed by atoms with E-state index in [4.69, 9.17) is 16.6 Å². The lowest BCUT2D eigenvalue weighted by molar-refractivity contribution is -0.0317. The smallest absolute Gasteiger partial charge is 0.193 e. The summed E-state index contributed by atoms with van der Waals surface area (Å²) in [6, 6.07) is 19.9. The van der Waals surface area contributed by atoms with Gasteiger partial charge in [-0.1, -0.05) is 60.1 Å². The third kappa shape index (κ3) is 2.00. The number of benzene rings is 3. The van der Waals surface area contributed by atoms with E-state index in [0.29, 0.717) is 5.02 Å². The molecule has 3 nitrogen and oxygen atoms in total. The van der Waals surface area contributed by atoms with Gasteiger partial charge < -0.3 is 10.0 Å². The van der Waals surface area contributed by atoms with Crippen LogP contribution in [-0.4, -0.2) is 28.9 Å². The molecule has 0 spiro atoms. The van der Waals surface area contributed by atoms with Crippen molar-refractivity contribution in [1.29, 1.82) is 0 Å². The standard InChI is InChI=1S/C21H17ClN2O/c22-16-9-7-15(8-10-16)21(25)18-11-6-14-4-1-2-5-17(14)19(18)20-23-12-3-13-24(20)21/h1-2,4-11,25H,3,12-13H2. The summed E-state index contributed by atoms with van der Waals surface area (Å²) in [7, 11) is 0. The lowest BCUT2D eigenvalue weighted by Gasteiger charge is -2.37. The zero-order chi connectivity index (χ0) is 17.0. The van der Waals surface area contributed by atoms with Gasteiger partial charge in [-0.05, 0) is 29.3 Å². The number of amidine groups is 1. The number of halogens is 1. The molecule has 0 radical (unpaired) electrons. The molecule has 2 aliphatic rings. The molecule has 0 aliphatic carbocycles. The Morgan fingerprint density at radius 2 is 1.80 bits per heavy atom. The van der Waals surface area contributed by atoms with Crippen LogP contribution in [0.5, 0.6) is 0 Å². The van der Waals surface area contributed by atoms with Gasteiger partial charge in [0, 0.05) is 34.8 Å². The summed E-state index contributed by atoms with van der Waals surface area (Å²) in [4.78, 5) is 6.82. The topological polar surface area (TPSA) is 35.8 Å². The Balaban J connectivity index is 1.85. The molecular weight excluding hydrogens is 332 g/mol. The summed E-state index contributed by atoms with van der Waals surface area (Å²) in [5.74, 6) is 0.899. The first-order valence-electron chi connectivity index (χ1n) is 8.53. The van der Waals surface area contributed by atoms with Crippen LogP contribution in [0, 0.1) is 0 Å². The SMILES string of the molecule is OC1(c2ccc(Cl)cc2)c2ccc3ccccc3c2C2=NCCCN21. The fourth-order valence-corrected chi connectivity index (χ4v) is 4.20. The number of fused-ring (bicyclic) bond motifs is 5. The first kappa shape index (κ1) is 14.9. The van der Waals surface area contributed by atoms with Gasteiger partial charge in [0.05, 0.1) is 0 Å². The zero-order valence-corrected chi connectivity index (χ0v) is 14.4. The molecule has 5 rings (SSSR count). The fourth-order valence-electron chi connectivity index (χ4n) is 4.08. The van der Waals surface area contributed by atoms with Crippen LogP contribution in [0.1, 0.15) is 23.1 Å². The van der Waals surface area contributed by atoms with E-state index in [1.54, 1.807) is 0 Å². The molecule has 0 saturated carbocycles. The average Bonchev–Trinajstić information content (AvgIpc) is 2.93. The van der Waals surface area contributed by atoms with E-state index >= 15 is 0 Å². The van der Waals surface area contributed by atoms with E-state index in [2.05, 4.69) is 18.2 Å². The minimum absolute atomic E-state index is 0.664. The molecule has 0 bridgehead atoms. The lowest BCUT2D eigenvalue weighted by atomic mass is 9.91. The molecule has 3 aromatic carbocycles. The highest BCUT2D eigenvalue weighted by molar-refractivity contribution is 6.30. The predicted molar refractivity (Wildman–Crippen MR) is 101 cm³/mol. The highest BCUT2D eigenvalue weighted by atomic mass is 35.5. The van der Waals surface area contributed by atoms with Crippen molar-refractivity contribution in [2.75, 3.05) is 13.1 Å². The summed E-state index contributed by atoms with van der Waals surface area (Å²) in [6.45, 7) is 1.58. The third-order valence-electron chi connectivity index (χ3n) is 5.22. The second kappa shape index (κ2) is 5.32. The van der Waals surface area contributed by atoms with E-state index < -0.39 is 5.72 Å². The quantitative estimate of drug-likeness (QED) is 0.717. The van der Waals surface area contributed by atoms with Gasteiger partial charge in [-0.3, -0.25) is 4.99 Å². The molecule has 3 aromatic rings. The molecule has 2 aliphatic heterocycles. The Morgan fingerprint density at radius 1 is 1.00 bits per heavy atom. The molecule has 4 heteroatoms. The molecule has 0 saturated heterocycles. The monoisotopic (exact) mass is 348 g/mol. The van der Waals surface area contributed by atoms with Crippen molar-refractivity contribution in [3.05, 3.63) is 82.4 Å². The van der Waals surface area contributed by atoms with Gasteiger partial charge in [-0.15, -0.1) is 0 Å².